The molecule has 0 nitrogen and oxygen atoms in total. The minimum absolute atomic E-state index is 1.48. The van der Waals surface area contributed by atoms with Crippen LogP contribution in [0, 0.1) is 13.8 Å². The van der Waals surface area contributed by atoms with Gasteiger partial charge in [-0.2, -0.15) is 0 Å². The van der Waals surface area contributed by atoms with Crippen LogP contribution in [0.4, 0.5) is 0 Å². The summed E-state index contributed by atoms with van der Waals surface area (Å²) in [6.45, 7) is 4.61. The van der Waals surface area contributed by atoms with Crippen molar-refractivity contribution >= 4 is 76.6 Å². The van der Waals surface area contributed by atoms with Gasteiger partial charge < -0.3 is 0 Å². The normalized spacial score (nSPS) is 12.8. The molecule has 3 heterocycles. The summed E-state index contributed by atoms with van der Waals surface area (Å²) in [6, 6.07) is 9.55. The van der Waals surface area contributed by atoms with Crippen LogP contribution < -0.4 is 5.79 Å². The van der Waals surface area contributed by atoms with Crippen molar-refractivity contribution in [3.63, 3.8) is 0 Å². The van der Waals surface area contributed by atoms with E-state index in [0.29, 0.717) is 0 Å². The molecule has 0 radical (unpaired) electrons. The zero-order chi connectivity index (χ0) is 18.6. The molecule has 3 aromatic heterocycles. The van der Waals surface area contributed by atoms with E-state index < -0.39 is 36.8 Å². The zero-order valence-corrected chi connectivity index (χ0v) is 24.7. The maximum atomic E-state index is 2.51. The van der Waals surface area contributed by atoms with Crippen molar-refractivity contribution in [2.24, 2.45) is 0 Å². The van der Waals surface area contributed by atoms with E-state index in [1.54, 1.807) is 5.79 Å². The van der Waals surface area contributed by atoms with E-state index in [1.165, 1.54) is 30.6 Å². The maximum absolute atomic E-state index is 2.51. The Kier molecular flexibility index (Phi) is 5.94. The molecule has 0 aromatic carbocycles. The van der Waals surface area contributed by atoms with Gasteiger partial charge in [-0.25, -0.2) is 0 Å². The summed E-state index contributed by atoms with van der Waals surface area (Å²) in [5.41, 5.74) is 2.96. The van der Waals surface area contributed by atoms with Crippen LogP contribution in [0.2, 0.25) is 29.6 Å². The van der Waals surface area contributed by atoms with Gasteiger partial charge in [0.1, 0.15) is 0 Å². The van der Waals surface area contributed by atoms with Crippen molar-refractivity contribution in [1.29, 1.82) is 0 Å². The van der Waals surface area contributed by atoms with E-state index >= 15 is 0 Å². The topological polar surface area (TPSA) is 0 Å². The summed E-state index contributed by atoms with van der Waals surface area (Å²) < 4.78 is 3.35. The van der Waals surface area contributed by atoms with Gasteiger partial charge in [0.15, 0.2) is 0 Å². The van der Waals surface area contributed by atoms with Crippen LogP contribution in [0.3, 0.4) is 0 Å². The van der Waals surface area contributed by atoms with Crippen LogP contribution in [0.15, 0.2) is 24.3 Å². The second-order valence-electron chi connectivity index (χ2n) is 8.84. The van der Waals surface area contributed by atoms with Gasteiger partial charge in [-0.3, -0.25) is 0 Å². The minimum atomic E-state index is -1.96. The van der Waals surface area contributed by atoms with Crippen LogP contribution >= 0.6 is 34.0 Å². The number of rotatable bonds is 4. The molecule has 0 saturated carbocycles. The van der Waals surface area contributed by atoms with Gasteiger partial charge in [-0.05, 0) is 0 Å². The van der Waals surface area contributed by atoms with Crippen molar-refractivity contribution in [2.75, 3.05) is 0 Å². The molecule has 3 aromatic rings. The Bertz CT molecular complexity index is 826. The summed E-state index contributed by atoms with van der Waals surface area (Å²) in [6.07, 6.45) is 0. The molecule has 0 aliphatic carbocycles. The average molecular weight is 602 g/mol. The third kappa shape index (κ3) is 4.25. The Hall–Kier alpha value is 0.697. The summed E-state index contributed by atoms with van der Waals surface area (Å²) >= 11 is 2.19. The quantitative estimate of drug-likeness (QED) is 0.285. The zero-order valence-electron chi connectivity index (χ0n) is 16.5. The third-order valence-electron chi connectivity index (χ3n) is 4.59. The van der Waals surface area contributed by atoms with Crippen LogP contribution in [0.25, 0.3) is 19.5 Å². The first-order valence-corrected chi connectivity index (χ1v) is 31.2. The monoisotopic (exact) mass is 604 g/mol. The Morgan fingerprint density at radius 2 is 0.920 bits per heavy atom. The molecule has 0 fully saturated rings. The van der Waals surface area contributed by atoms with Crippen molar-refractivity contribution in [1.82, 2.24) is 0 Å². The Morgan fingerprint density at radius 3 is 1.20 bits per heavy atom. The fraction of sp³-hybridized carbons (Fsp3) is 0.400. The van der Waals surface area contributed by atoms with Gasteiger partial charge in [0.25, 0.3) is 0 Å². The van der Waals surface area contributed by atoms with Crippen molar-refractivity contribution in [3.05, 3.63) is 35.4 Å². The molecule has 0 N–H and O–H groups in total. The van der Waals surface area contributed by atoms with Crippen molar-refractivity contribution in [3.8, 4) is 19.5 Å². The van der Waals surface area contributed by atoms with E-state index in [4.69, 9.17) is 0 Å². The first kappa shape index (κ1) is 20.4. The van der Waals surface area contributed by atoms with Gasteiger partial charge in [0, 0.05) is 0 Å². The predicted molar refractivity (Wildman–Crippen MR) is 126 cm³/mol. The summed E-state index contributed by atoms with van der Waals surface area (Å²) in [5.74, 6) is 0. The van der Waals surface area contributed by atoms with Crippen molar-refractivity contribution < 1.29 is 0 Å². The van der Waals surface area contributed by atoms with Crippen LogP contribution in [-0.2, 0) is 0 Å². The molecule has 134 valence electrons. The SMILES string of the molecule is Cc1c(-c2cc[c]([Sn]([CH3])([CH3])[CH3])s2)sc(-c2cc[c]([Sn]([CH3])([CH3])[CH3])s2)c1C. The van der Waals surface area contributed by atoms with Crippen LogP contribution in [0.1, 0.15) is 11.1 Å². The average Bonchev–Trinajstić information content (AvgIpc) is 3.18. The summed E-state index contributed by atoms with van der Waals surface area (Å²) in [7, 11) is 0. The third-order valence-corrected chi connectivity index (χ3v) is 27.5. The van der Waals surface area contributed by atoms with Gasteiger partial charge in [0.2, 0.25) is 0 Å². The molecule has 0 unspecified atom stereocenters. The van der Waals surface area contributed by atoms with Crippen molar-refractivity contribution in [2.45, 2.75) is 43.5 Å². The molecule has 0 atom stereocenters. The fourth-order valence-corrected chi connectivity index (χ4v) is 17.0. The number of hydrogen-bond donors (Lipinski definition) is 0. The molecule has 0 bridgehead atoms. The standard InChI is InChI=1S/C14H10S3.6CH3.2Sn/c1-9-10(2)14(12-6-4-8-16-12)17-13(9)11-5-3-7-15-11;;;;;;;;/h3-6H,1-2H3;6*1H3;;. The van der Waals surface area contributed by atoms with E-state index in [2.05, 4.69) is 90.4 Å². The van der Waals surface area contributed by atoms with Gasteiger partial charge in [-0.1, -0.05) is 0 Å². The first-order chi connectivity index (χ1) is 11.5. The molecule has 25 heavy (non-hydrogen) atoms. The van der Waals surface area contributed by atoms with Gasteiger partial charge >= 0.3 is 175 Å². The molecule has 0 spiro atoms. The second kappa shape index (κ2) is 7.26. The van der Waals surface area contributed by atoms with E-state index in [1.807, 2.05) is 11.3 Å². The Labute approximate surface area is 173 Å². The molecule has 0 aliphatic rings. The first-order valence-electron chi connectivity index (χ1n) is 8.80. The van der Waals surface area contributed by atoms with Crippen LogP contribution in [0.5, 0.6) is 0 Å². The van der Waals surface area contributed by atoms with E-state index in [-0.39, 0.29) is 0 Å². The second-order valence-corrected chi connectivity index (χ2v) is 42.9. The summed E-state index contributed by atoms with van der Waals surface area (Å²) in [4.78, 5) is 21.0. The molecule has 5 heteroatoms. The molecular weight excluding hydrogens is 574 g/mol. The Morgan fingerprint density at radius 1 is 0.560 bits per heavy atom. The molecular formula is C20H28S3Sn2. The molecule has 3 rings (SSSR count). The molecule has 0 aliphatic heterocycles. The summed E-state index contributed by atoms with van der Waals surface area (Å²) in [5, 5.41) is 0. The van der Waals surface area contributed by atoms with E-state index in [0.717, 1.165) is 0 Å². The van der Waals surface area contributed by atoms with E-state index in [9.17, 15) is 0 Å². The Balaban J connectivity index is 2.04. The number of hydrogen-bond acceptors (Lipinski definition) is 3. The molecule has 0 amide bonds. The van der Waals surface area contributed by atoms with Crippen LogP contribution in [-0.4, -0.2) is 36.8 Å². The predicted octanol–water partition coefficient (Wildman–Crippen LogP) is 6.91. The van der Waals surface area contributed by atoms with Gasteiger partial charge in [-0.15, -0.1) is 0 Å². The number of thiophene rings is 3. The van der Waals surface area contributed by atoms with Gasteiger partial charge in [0.05, 0.1) is 0 Å². The fourth-order valence-electron chi connectivity index (χ4n) is 2.79. The molecule has 0 saturated heterocycles.